The summed E-state index contributed by atoms with van der Waals surface area (Å²) < 4.78 is 37.1. The molecular formula is C34H31FO8. The monoisotopic (exact) mass is 586 g/mol. The van der Waals surface area contributed by atoms with Gasteiger partial charge >= 0.3 is 23.9 Å². The molecule has 0 saturated heterocycles. The quantitative estimate of drug-likeness (QED) is 0.171. The summed E-state index contributed by atoms with van der Waals surface area (Å²) >= 11 is 0. The number of esters is 4. The van der Waals surface area contributed by atoms with Gasteiger partial charge in [0, 0.05) is 34.3 Å². The summed E-state index contributed by atoms with van der Waals surface area (Å²) in [7, 11) is 0. The molecule has 2 aromatic carbocycles. The Morgan fingerprint density at radius 1 is 0.698 bits per heavy atom. The summed E-state index contributed by atoms with van der Waals surface area (Å²) in [6.07, 6.45) is 2.45. The van der Waals surface area contributed by atoms with Gasteiger partial charge in [-0.15, -0.1) is 0 Å². The molecule has 0 aromatic heterocycles. The number of rotatable bonds is 10. The smallest absolute Gasteiger partial charge is 0.338 e. The van der Waals surface area contributed by atoms with Crippen LogP contribution < -0.4 is 9.47 Å². The largest absolute Gasteiger partial charge is 0.454 e. The number of hydrogen-bond donors (Lipinski definition) is 0. The minimum atomic E-state index is -0.806. The second-order valence-corrected chi connectivity index (χ2v) is 10.0. The lowest BCUT2D eigenvalue weighted by molar-refractivity contribution is -0.142. The van der Waals surface area contributed by atoms with Crippen molar-refractivity contribution in [3.8, 4) is 22.6 Å². The van der Waals surface area contributed by atoms with Crippen molar-refractivity contribution in [2.24, 2.45) is 0 Å². The molecule has 3 rings (SSSR count). The Balaban J connectivity index is 2.01. The van der Waals surface area contributed by atoms with E-state index in [2.05, 4.69) is 26.3 Å². The highest BCUT2D eigenvalue weighted by Crippen LogP contribution is 2.36. The predicted octanol–water partition coefficient (Wildman–Crippen LogP) is 6.73. The lowest BCUT2D eigenvalue weighted by Crippen LogP contribution is -2.21. The molecule has 1 atom stereocenters. The molecule has 1 aliphatic carbocycles. The molecule has 0 N–H and O–H groups in total. The molecule has 0 saturated carbocycles. The molecule has 0 fully saturated rings. The van der Waals surface area contributed by atoms with Gasteiger partial charge in [0.25, 0.3) is 0 Å². The van der Waals surface area contributed by atoms with Crippen LogP contribution in [0.4, 0.5) is 4.39 Å². The second-order valence-electron chi connectivity index (χ2n) is 10.0. The zero-order valence-corrected chi connectivity index (χ0v) is 24.4. The van der Waals surface area contributed by atoms with E-state index in [1.807, 2.05) is 0 Å². The molecule has 1 aliphatic rings. The van der Waals surface area contributed by atoms with Crippen LogP contribution in [0.25, 0.3) is 16.7 Å². The summed E-state index contributed by atoms with van der Waals surface area (Å²) in [5.41, 5.74) is 1.91. The minimum Gasteiger partial charge on any atom is -0.454 e. The van der Waals surface area contributed by atoms with Crippen molar-refractivity contribution in [2.75, 3.05) is 0 Å². The summed E-state index contributed by atoms with van der Waals surface area (Å²) in [6, 6.07) is 8.62. The van der Waals surface area contributed by atoms with Crippen molar-refractivity contribution in [2.45, 2.75) is 40.2 Å². The first-order chi connectivity index (χ1) is 20.2. The van der Waals surface area contributed by atoms with Crippen molar-refractivity contribution in [3.05, 3.63) is 114 Å². The van der Waals surface area contributed by atoms with E-state index in [4.69, 9.17) is 18.9 Å². The molecule has 0 aliphatic heterocycles. The standard InChI is InChI=1S/C34H31FO8/c1-18(2)31(36)40-25-13-24(14-26(17-25)41-32(37)19(3)4)22-9-11-27(28(35)15-22)23-10-12-29(42-33(38)20(5)6)30(16-23)43-34(39)21(7)8/h9-16,25H,1,3,5,7,17H2,2,4,6,8H3. The maximum absolute atomic E-state index is 15.6. The Morgan fingerprint density at radius 3 is 1.79 bits per heavy atom. The van der Waals surface area contributed by atoms with Crippen LogP contribution in [0, 0.1) is 5.82 Å². The van der Waals surface area contributed by atoms with Gasteiger partial charge in [-0.25, -0.2) is 23.6 Å². The van der Waals surface area contributed by atoms with Crippen molar-refractivity contribution >= 4 is 29.5 Å². The van der Waals surface area contributed by atoms with Crippen molar-refractivity contribution in [3.63, 3.8) is 0 Å². The number of benzene rings is 2. The molecular weight excluding hydrogens is 555 g/mol. The number of allylic oxidation sites excluding steroid dienone is 2. The predicted molar refractivity (Wildman–Crippen MR) is 159 cm³/mol. The fourth-order valence-electron chi connectivity index (χ4n) is 3.65. The van der Waals surface area contributed by atoms with Gasteiger partial charge in [0.05, 0.1) is 0 Å². The van der Waals surface area contributed by atoms with E-state index >= 15 is 4.39 Å². The SMILES string of the molecule is C=C(C)C(=O)OC1=CC(c2ccc(-c3ccc(OC(=O)C(=C)C)c(OC(=O)C(=C)C)c3)c(F)c2)=CC(OC(=O)C(=C)C)C1. The molecule has 0 radical (unpaired) electrons. The molecule has 222 valence electrons. The maximum atomic E-state index is 15.6. The average molecular weight is 587 g/mol. The normalized spacial score (nSPS) is 13.9. The summed E-state index contributed by atoms with van der Waals surface area (Å²) in [5.74, 6) is -3.39. The Labute approximate surface area is 249 Å². The lowest BCUT2D eigenvalue weighted by Gasteiger charge is -2.22. The molecule has 0 bridgehead atoms. The van der Waals surface area contributed by atoms with Crippen molar-refractivity contribution in [1.82, 2.24) is 0 Å². The molecule has 0 amide bonds. The zero-order chi connectivity index (χ0) is 32.0. The molecule has 9 heteroatoms. The Kier molecular flexibility index (Phi) is 10.2. The van der Waals surface area contributed by atoms with Gasteiger partial charge in [0.1, 0.15) is 17.7 Å². The highest BCUT2D eigenvalue weighted by Gasteiger charge is 2.24. The number of hydrogen-bond acceptors (Lipinski definition) is 8. The van der Waals surface area contributed by atoms with Gasteiger partial charge in [0.15, 0.2) is 11.5 Å². The van der Waals surface area contributed by atoms with E-state index in [0.29, 0.717) is 16.7 Å². The van der Waals surface area contributed by atoms with Crippen LogP contribution in [0.2, 0.25) is 0 Å². The number of halogens is 1. The van der Waals surface area contributed by atoms with Crippen molar-refractivity contribution in [1.29, 1.82) is 0 Å². The third-order valence-corrected chi connectivity index (χ3v) is 5.92. The first kappa shape index (κ1) is 32.2. The van der Waals surface area contributed by atoms with E-state index < -0.39 is 35.8 Å². The highest BCUT2D eigenvalue weighted by molar-refractivity contribution is 5.92. The van der Waals surface area contributed by atoms with E-state index in [1.165, 1.54) is 58.0 Å². The van der Waals surface area contributed by atoms with Gasteiger partial charge in [-0.1, -0.05) is 44.5 Å². The average Bonchev–Trinajstić information content (AvgIpc) is 2.93. The second kappa shape index (κ2) is 13.6. The Hall–Kier alpha value is -5.31. The third kappa shape index (κ3) is 8.36. The van der Waals surface area contributed by atoms with Crippen LogP contribution in [-0.2, 0) is 28.7 Å². The van der Waals surface area contributed by atoms with E-state index in [1.54, 1.807) is 18.2 Å². The molecule has 1 unspecified atom stereocenters. The Bertz CT molecular complexity index is 1640. The van der Waals surface area contributed by atoms with Crippen LogP contribution in [-0.4, -0.2) is 30.0 Å². The third-order valence-electron chi connectivity index (χ3n) is 5.92. The Morgan fingerprint density at radius 2 is 1.23 bits per heavy atom. The van der Waals surface area contributed by atoms with Crippen LogP contribution in [0.5, 0.6) is 11.5 Å². The van der Waals surface area contributed by atoms with Crippen LogP contribution >= 0.6 is 0 Å². The van der Waals surface area contributed by atoms with Crippen LogP contribution in [0.3, 0.4) is 0 Å². The zero-order valence-electron chi connectivity index (χ0n) is 24.4. The first-order valence-electron chi connectivity index (χ1n) is 13.0. The number of carbonyl (C=O) groups is 4. The molecule has 2 aromatic rings. The topological polar surface area (TPSA) is 105 Å². The summed E-state index contributed by atoms with van der Waals surface area (Å²) in [6.45, 7) is 20.1. The lowest BCUT2D eigenvalue weighted by atomic mass is 9.94. The van der Waals surface area contributed by atoms with Gasteiger partial charge in [-0.3, -0.25) is 0 Å². The van der Waals surface area contributed by atoms with Gasteiger partial charge in [-0.2, -0.15) is 0 Å². The fourth-order valence-corrected chi connectivity index (χ4v) is 3.65. The van der Waals surface area contributed by atoms with Gasteiger partial charge in [0.2, 0.25) is 0 Å². The summed E-state index contributed by atoms with van der Waals surface area (Å²) in [4.78, 5) is 48.7. The first-order valence-corrected chi connectivity index (χ1v) is 13.0. The van der Waals surface area contributed by atoms with Crippen LogP contribution in [0.15, 0.2) is 103 Å². The highest BCUT2D eigenvalue weighted by atomic mass is 19.1. The number of ether oxygens (including phenoxy) is 4. The molecule has 43 heavy (non-hydrogen) atoms. The van der Waals surface area contributed by atoms with Crippen molar-refractivity contribution < 1.29 is 42.5 Å². The van der Waals surface area contributed by atoms with E-state index in [0.717, 1.165) is 0 Å². The van der Waals surface area contributed by atoms with Gasteiger partial charge < -0.3 is 18.9 Å². The van der Waals surface area contributed by atoms with E-state index in [-0.39, 0.29) is 51.5 Å². The summed E-state index contributed by atoms with van der Waals surface area (Å²) in [5, 5.41) is 0. The van der Waals surface area contributed by atoms with E-state index in [9.17, 15) is 19.2 Å². The molecule has 8 nitrogen and oxygen atoms in total. The molecule has 0 heterocycles. The van der Waals surface area contributed by atoms with Gasteiger partial charge in [-0.05, 0) is 74.7 Å². The maximum Gasteiger partial charge on any atom is 0.338 e. The minimum absolute atomic E-state index is 0.0620. The number of carbonyl (C=O) groups excluding carboxylic acids is 4. The molecule has 0 spiro atoms. The fraction of sp³-hybridized carbons (Fsp3) is 0.176. The van der Waals surface area contributed by atoms with Crippen LogP contribution in [0.1, 0.15) is 39.7 Å².